The van der Waals surface area contributed by atoms with Crippen LogP contribution in [-0.2, 0) is 0 Å². The number of piperazine rings is 1. The molecule has 1 aromatic carbocycles. The van der Waals surface area contributed by atoms with Crippen LogP contribution in [0.4, 0.5) is 10.5 Å². The standard InChI is InChI=1S/C15H16ClN5O2/c16-11-1-3-12(4-2-11)18-15(23)21-9-7-20(8-10-21)14(22)13-5-6-17-19-13/h1-6H,7-10H2,(H,17,19)(H,18,23). The molecule has 2 heterocycles. The fourth-order valence-electron chi connectivity index (χ4n) is 2.39. The van der Waals surface area contributed by atoms with Crippen LogP contribution in [-0.4, -0.2) is 58.1 Å². The Morgan fingerprint density at radius 1 is 1.04 bits per heavy atom. The van der Waals surface area contributed by atoms with E-state index in [0.29, 0.717) is 42.6 Å². The van der Waals surface area contributed by atoms with Crippen LogP contribution in [0.2, 0.25) is 5.02 Å². The van der Waals surface area contributed by atoms with E-state index in [1.807, 2.05) is 0 Å². The van der Waals surface area contributed by atoms with Crippen molar-refractivity contribution in [3.05, 3.63) is 47.2 Å². The van der Waals surface area contributed by atoms with Gasteiger partial charge in [0, 0.05) is 43.1 Å². The van der Waals surface area contributed by atoms with Crippen molar-refractivity contribution in [1.82, 2.24) is 20.0 Å². The highest BCUT2D eigenvalue weighted by Gasteiger charge is 2.25. The van der Waals surface area contributed by atoms with E-state index in [1.54, 1.807) is 46.3 Å². The lowest BCUT2D eigenvalue weighted by Crippen LogP contribution is -2.51. The van der Waals surface area contributed by atoms with Gasteiger partial charge in [0.15, 0.2) is 0 Å². The van der Waals surface area contributed by atoms with Gasteiger partial charge in [-0.2, -0.15) is 5.10 Å². The maximum Gasteiger partial charge on any atom is 0.321 e. The Balaban J connectivity index is 1.53. The second-order valence-electron chi connectivity index (χ2n) is 5.19. The molecule has 1 saturated heterocycles. The molecule has 1 aromatic heterocycles. The predicted octanol–water partition coefficient (Wildman–Crippen LogP) is 2.05. The molecule has 3 rings (SSSR count). The second-order valence-corrected chi connectivity index (χ2v) is 5.62. The summed E-state index contributed by atoms with van der Waals surface area (Å²) in [4.78, 5) is 27.8. The van der Waals surface area contributed by atoms with Gasteiger partial charge in [-0.3, -0.25) is 9.89 Å². The van der Waals surface area contributed by atoms with Crippen molar-refractivity contribution in [1.29, 1.82) is 0 Å². The van der Waals surface area contributed by atoms with Crippen molar-refractivity contribution in [3.8, 4) is 0 Å². The van der Waals surface area contributed by atoms with Crippen LogP contribution in [0, 0.1) is 0 Å². The number of aromatic nitrogens is 2. The molecule has 1 aliphatic heterocycles. The molecule has 0 atom stereocenters. The van der Waals surface area contributed by atoms with Crippen molar-refractivity contribution in [2.75, 3.05) is 31.5 Å². The van der Waals surface area contributed by atoms with Crippen LogP contribution >= 0.6 is 11.6 Å². The van der Waals surface area contributed by atoms with E-state index in [9.17, 15) is 9.59 Å². The first kappa shape index (κ1) is 15.4. The fourth-order valence-corrected chi connectivity index (χ4v) is 2.52. The zero-order chi connectivity index (χ0) is 16.2. The van der Waals surface area contributed by atoms with Crippen molar-refractivity contribution < 1.29 is 9.59 Å². The Labute approximate surface area is 138 Å². The molecular formula is C15H16ClN5O2. The van der Waals surface area contributed by atoms with E-state index >= 15 is 0 Å². The molecule has 0 spiro atoms. The van der Waals surface area contributed by atoms with E-state index in [4.69, 9.17) is 11.6 Å². The summed E-state index contributed by atoms with van der Waals surface area (Å²) in [5.41, 5.74) is 1.15. The number of anilines is 1. The van der Waals surface area contributed by atoms with Crippen LogP contribution in [0.15, 0.2) is 36.5 Å². The maximum atomic E-state index is 12.2. The summed E-state index contributed by atoms with van der Waals surface area (Å²) < 4.78 is 0. The number of halogens is 1. The van der Waals surface area contributed by atoms with E-state index in [2.05, 4.69) is 15.5 Å². The Hall–Kier alpha value is -2.54. The monoisotopic (exact) mass is 333 g/mol. The number of nitrogens with zero attached hydrogens (tertiary/aromatic N) is 3. The molecule has 0 saturated carbocycles. The Morgan fingerprint density at radius 3 is 2.30 bits per heavy atom. The number of rotatable bonds is 2. The Bertz CT molecular complexity index is 678. The minimum absolute atomic E-state index is 0.0970. The van der Waals surface area contributed by atoms with Gasteiger partial charge in [-0.15, -0.1) is 0 Å². The molecule has 2 aromatic rings. The van der Waals surface area contributed by atoms with Crippen LogP contribution in [0.5, 0.6) is 0 Å². The molecule has 8 heteroatoms. The number of hydrogen-bond acceptors (Lipinski definition) is 3. The molecule has 0 aliphatic carbocycles. The number of H-pyrrole nitrogens is 1. The molecule has 1 fully saturated rings. The van der Waals surface area contributed by atoms with E-state index in [-0.39, 0.29) is 11.9 Å². The number of carbonyl (C=O) groups excluding carboxylic acids is 2. The molecule has 0 radical (unpaired) electrons. The van der Waals surface area contributed by atoms with E-state index in [1.165, 1.54) is 0 Å². The molecule has 1 aliphatic rings. The lowest BCUT2D eigenvalue weighted by molar-refractivity contribution is 0.0666. The highest BCUT2D eigenvalue weighted by Crippen LogP contribution is 2.14. The molecule has 120 valence electrons. The van der Waals surface area contributed by atoms with Gasteiger partial charge in [-0.05, 0) is 30.3 Å². The Morgan fingerprint density at radius 2 is 1.70 bits per heavy atom. The fraction of sp³-hybridized carbons (Fsp3) is 0.267. The first-order valence-corrected chi connectivity index (χ1v) is 7.61. The molecule has 0 bridgehead atoms. The highest BCUT2D eigenvalue weighted by molar-refractivity contribution is 6.30. The normalized spacial score (nSPS) is 14.7. The third-order valence-corrected chi connectivity index (χ3v) is 3.93. The average Bonchev–Trinajstić information content (AvgIpc) is 3.11. The van der Waals surface area contributed by atoms with Gasteiger partial charge in [0.2, 0.25) is 0 Å². The Kier molecular flexibility index (Phi) is 4.47. The van der Waals surface area contributed by atoms with Crippen LogP contribution in [0.3, 0.4) is 0 Å². The summed E-state index contributed by atoms with van der Waals surface area (Å²) in [6.07, 6.45) is 1.54. The van der Waals surface area contributed by atoms with Gasteiger partial charge >= 0.3 is 6.03 Å². The zero-order valence-electron chi connectivity index (χ0n) is 12.3. The number of amides is 3. The summed E-state index contributed by atoms with van der Waals surface area (Å²) >= 11 is 5.82. The topological polar surface area (TPSA) is 81.3 Å². The van der Waals surface area contributed by atoms with Crippen molar-refractivity contribution in [2.24, 2.45) is 0 Å². The molecular weight excluding hydrogens is 318 g/mol. The van der Waals surface area contributed by atoms with Gasteiger partial charge in [0.25, 0.3) is 5.91 Å². The number of benzene rings is 1. The SMILES string of the molecule is O=C(Nc1ccc(Cl)cc1)N1CCN(C(=O)c2ccn[nH]2)CC1. The van der Waals surface area contributed by atoms with Crippen LogP contribution in [0.25, 0.3) is 0 Å². The van der Waals surface area contributed by atoms with Crippen molar-refractivity contribution in [3.63, 3.8) is 0 Å². The third-order valence-electron chi connectivity index (χ3n) is 3.68. The molecule has 2 N–H and O–H groups in total. The summed E-state index contributed by atoms with van der Waals surface area (Å²) in [6.45, 7) is 1.95. The summed E-state index contributed by atoms with van der Waals surface area (Å²) in [5, 5.41) is 9.88. The molecule has 0 unspecified atom stereocenters. The van der Waals surface area contributed by atoms with Crippen molar-refractivity contribution >= 4 is 29.2 Å². The molecule has 7 nitrogen and oxygen atoms in total. The van der Waals surface area contributed by atoms with Gasteiger partial charge in [0.1, 0.15) is 5.69 Å². The maximum absolute atomic E-state index is 12.2. The first-order chi connectivity index (χ1) is 11.1. The zero-order valence-corrected chi connectivity index (χ0v) is 13.1. The third kappa shape index (κ3) is 3.62. The van der Waals surface area contributed by atoms with Gasteiger partial charge < -0.3 is 15.1 Å². The summed E-state index contributed by atoms with van der Waals surface area (Å²) in [7, 11) is 0. The van der Waals surface area contributed by atoms with Crippen LogP contribution < -0.4 is 5.32 Å². The van der Waals surface area contributed by atoms with Gasteiger partial charge in [-0.1, -0.05) is 11.6 Å². The first-order valence-electron chi connectivity index (χ1n) is 7.23. The van der Waals surface area contributed by atoms with Crippen molar-refractivity contribution in [2.45, 2.75) is 0 Å². The number of nitrogens with one attached hydrogen (secondary N) is 2. The quantitative estimate of drug-likeness (QED) is 0.882. The highest BCUT2D eigenvalue weighted by atomic mass is 35.5. The second kappa shape index (κ2) is 6.70. The summed E-state index contributed by atoms with van der Waals surface area (Å²) in [5.74, 6) is -0.0970. The average molecular weight is 334 g/mol. The number of aromatic amines is 1. The minimum atomic E-state index is -0.180. The lowest BCUT2D eigenvalue weighted by atomic mass is 10.3. The van der Waals surface area contributed by atoms with Crippen LogP contribution in [0.1, 0.15) is 10.5 Å². The predicted molar refractivity (Wildman–Crippen MR) is 86.5 cm³/mol. The van der Waals surface area contributed by atoms with Gasteiger partial charge in [-0.25, -0.2) is 4.79 Å². The van der Waals surface area contributed by atoms with E-state index < -0.39 is 0 Å². The molecule has 23 heavy (non-hydrogen) atoms. The number of hydrogen-bond donors (Lipinski definition) is 2. The molecule has 3 amide bonds. The smallest absolute Gasteiger partial charge is 0.321 e. The number of urea groups is 1. The number of carbonyl (C=O) groups is 2. The largest absolute Gasteiger partial charge is 0.334 e. The lowest BCUT2D eigenvalue weighted by Gasteiger charge is -2.34. The van der Waals surface area contributed by atoms with E-state index in [0.717, 1.165) is 0 Å². The minimum Gasteiger partial charge on any atom is -0.334 e. The summed E-state index contributed by atoms with van der Waals surface area (Å²) in [6, 6.07) is 8.40. The van der Waals surface area contributed by atoms with Gasteiger partial charge in [0.05, 0.1) is 0 Å².